The lowest BCUT2D eigenvalue weighted by atomic mass is 10.1. The fourth-order valence-electron chi connectivity index (χ4n) is 3.35. The zero-order valence-electron chi connectivity index (χ0n) is 17.8. The fourth-order valence-corrected chi connectivity index (χ4v) is 3.35. The van der Waals surface area contributed by atoms with Crippen molar-refractivity contribution in [3.05, 3.63) is 102 Å². The summed E-state index contributed by atoms with van der Waals surface area (Å²) < 4.78 is 35.5. The van der Waals surface area contributed by atoms with Gasteiger partial charge in [0.05, 0.1) is 29.3 Å². The first-order chi connectivity index (χ1) is 15.9. The number of rotatable bonds is 7. The highest BCUT2D eigenvalue weighted by Crippen LogP contribution is 2.33. The lowest BCUT2D eigenvalue weighted by Gasteiger charge is -2.21. The van der Waals surface area contributed by atoms with Crippen molar-refractivity contribution in [1.29, 1.82) is 5.26 Å². The van der Waals surface area contributed by atoms with Crippen LogP contribution in [0.5, 0.6) is 11.6 Å². The van der Waals surface area contributed by atoms with Crippen molar-refractivity contribution in [2.45, 2.75) is 12.8 Å². The van der Waals surface area contributed by atoms with E-state index in [1.807, 2.05) is 19.1 Å². The first-order valence-electron chi connectivity index (χ1n) is 10.2. The molecule has 5 nitrogen and oxygen atoms in total. The smallest absolute Gasteiger partial charge is 0.290 e. The molecule has 33 heavy (non-hydrogen) atoms. The standard InChI is InChI=1S/C26H20F2N4O/c1-17-10-12-20(13-11-17)26(27,28)16-30-18(2)24-22-8-3-4-9-23(22)31-32-25(24)33-21-7-5-6-19(14-21)15-29/h3-14,30H,2,16H2,1H3. The van der Waals surface area contributed by atoms with Crippen LogP contribution in [0.3, 0.4) is 0 Å². The molecular weight excluding hydrogens is 422 g/mol. The molecule has 0 saturated heterocycles. The molecule has 0 saturated carbocycles. The average molecular weight is 442 g/mol. The molecule has 0 atom stereocenters. The van der Waals surface area contributed by atoms with Crippen LogP contribution < -0.4 is 10.1 Å². The molecule has 1 aromatic heterocycles. The summed E-state index contributed by atoms with van der Waals surface area (Å²) in [6.45, 7) is 5.16. The molecule has 0 spiro atoms. The molecule has 0 bridgehead atoms. The quantitative estimate of drug-likeness (QED) is 0.383. The van der Waals surface area contributed by atoms with Crippen LogP contribution in [0.1, 0.15) is 22.3 Å². The van der Waals surface area contributed by atoms with Gasteiger partial charge in [-0.1, -0.05) is 60.7 Å². The number of hydrogen-bond donors (Lipinski definition) is 1. The lowest BCUT2D eigenvalue weighted by Crippen LogP contribution is -2.29. The third kappa shape index (κ3) is 4.80. The van der Waals surface area contributed by atoms with Gasteiger partial charge in [-0.05, 0) is 31.2 Å². The maximum absolute atomic E-state index is 14.8. The van der Waals surface area contributed by atoms with Gasteiger partial charge in [-0.3, -0.25) is 0 Å². The summed E-state index contributed by atoms with van der Waals surface area (Å²) in [5.41, 5.74) is 2.44. The Morgan fingerprint density at radius 1 is 1.06 bits per heavy atom. The van der Waals surface area contributed by atoms with E-state index in [1.165, 1.54) is 12.1 Å². The first-order valence-corrected chi connectivity index (χ1v) is 10.2. The molecule has 0 amide bonds. The van der Waals surface area contributed by atoms with E-state index in [0.29, 0.717) is 27.8 Å². The number of alkyl halides is 2. The Balaban J connectivity index is 1.66. The second-order valence-electron chi connectivity index (χ2n) is 7.54. The summed E-state index contributed by atoms with van der Waals surface area (Å²) in [4.78, 5) is 0. The van der Waals surface area contributed by atoms with E-state index in [9.17, 15) is 8.78 Å². The minimum atomic E-state index is -3.12. The molecule has 1 heterocycles. The first kappa shape index (κ1) is 21.9. The van der Waals surface area contributed by atoms with E-state index in [-0.39, 0.29) is 17.1 Å². The van der Waals surface area contributed by atoms with E-state index in [0.717, 1.165) is 5.56 Å². The Morgan fingerprint density at radius 3 is 2.58 bits per heavy atom. The van der Waals surface area contributed by atoms with Crippen molar-refractivity contribution in [1.82, 2.24) is 15.5 Å². The number of aromatic nitrogens is 2. The molecule has 0 radical (unpaired) electrons. The van der Waals surface area contributed by atoms with Crippen LogP contribution in [0.15, 0.2) is 79.4 Å². The van der Waals surface area contributed by atoms with Gasteiger partial charge >= 0.3 is 0 Å². The number of aryl methyl sites for hydroxylation is 1. The molecule has 0 aliphatic heterocycles. The van der Waals surface area contributed by atoms with Crippen molar-refractivity contribution >= 4 is 16.6 Å². The number of ether oxygens (including phenoxy) is 1. The summed E-state index contributed by atoms with van der Waals surface area (Å²) in [5.74, 6) is -2.65. The molecule has 1 N–H and O–H groups in total. The molecule has 7 heteroatoms. The maximum Gasteiger partial charge on any atom is 0.290 e. The van der Waals surface area contributed by atoms with E-state index < -0.39 is 12.5 Å². The maximum atomic E-state index is 14.8. The zero-order chi connectivity index (χ0) is 23.4. The zero-order valence-corrected chi connectivity index (χ0v) is 17.8. The van der Waals surface area contributed by atoms with Crippen LogP contribution >= 0.6 is 0 Å². The third-order valence-electron chi connectivity index (χ3n) is 5.11. The van der Waals surface area contributed by atoms with Gasteiger partial charge in [-0.2, -0.15) is 14.0 Å². The van der Waals surface area contributed by atoms with E-state index in [1.54, 1.807) is 54.6 Å². The highest BCUT2D eigenvalue weighted by atomic mass is 19.3. The van der Waals surface area contributed by atoms with Crippen LogP contribution in [0.25, 0.3) is 16.6 Å². The molecule has 0 unspecified atom stereocenters. The van der Waals surface area contributed by atoms with Gasteiger partial charge in [0.15, 0.2) is 0 Å². The second-order valence-corrected chi connectivity index (χ2v) is 7.54. The topological polar surface area (TPSA) is 70.8 Å². The number of nitrogens with one attached hydrogen (secondary N) is 1. The minimum absolute atomic E-state index is 0.0871. The van der Waals surface area contributed by atoms with E-state index in [2.05, 4.69) is 22.1 Å². The predicted octanol–water partition coefficient (Wildman–Crippen LogP) is 5.95. The molecule has 3 aromatic carbocycles. The van der Waals surface area contributed by atoms with Crippen molar-refractivity contribution in [2.24, 2.45) is 0 Å². The Labute approximate surface area is 190 Å². The lowest BCUT2D eigenvalue weighted by molar-refractivity contribution is 0.000696. The van der Waals surface area contributed by atoms with Crippen molar-refractivity contribution in [3.63, 3.8) is 0 Å². The largest absolute Gasteiger partial charge is 0.437 e. The van der Waals surface area contributed by atoms with Crippen molar-refractivity contribution in [3.8, 4) is 17.7 Å². The van der Waals surface area contributed by atoms with Gasteiger partial charge in [0, 0.05) is 16.6 Å². The van der Waals surface area contributed by atoms with E-state index in [4.69, 9.17) is 10.00 Å². The Hall–Kier alpha value is -4.31. The predicted molar refractivity (Wildman–Crippen MR) is 123 cm³/mol. The molecule has 0 aliphatic rings. The van der Waals surface area contributed by atoms with Gasteiger partial charge in [-0.25, -0.2) is 0 Å². The summed E-state index contributed by atoms with van der Waals surface area (Å²) in [6.07, 6.45) is 0. The highest BCUT2D eigenvalue weighted by molar-refractivity contribution is 5.92. The van der Waals surface area contributed by atoms with Crippen molar-refractivity contribution in [2.75, 3.05) is 6.54 Å². The monoisotopic (exact) mass is 442 g/mol. The summed E-state index contributed by atoms with van der Waals surface area (Å²) in [7, 11) is 0. The van der Waals surface area contributed by atoms with Gasteiger partial charge in [-0.15, -0.1) is 10.2 Å². The molecule has 0 aliphatic carbocycles. The minimum Gasteiger partial charge on any atom is -0.437 e. The van der Waals surface area contributed by atoms with E-state index >= 15 is 0 Å². The number of nitriles is 1. The molecule has 4 rings (SSSR count). The second kappa shape index (κ2) is 9.05. The SMILES string of the molecule is C=C(NCC(F)(F)c1ccc(C)cc1)c1c(Oc2cccc(C#N)c2)nnc2ccccc12. The normalized spacial score (nSPS) is 11.1. The number of hydrogen-bond acceptors (Lipinski definition) is 5. The number of fused-ring (bicyclic) bond motifs is 1. The Morgan fingerprint density at radius 2 is 1.82 bits per heavy atom. The number of benzene rings is 3. The highest BCUT2D eigenvalue weighted by Gasteiger charge is 2.31. The van der Waals surface area contributed by atoms with Gasteiger partial charge in [0.2, 0.25) is 5.88 Å². The molecule has 4 aromatic rings. The number of nitrogens with zero attached hydrogens (tertiary/aromatic N) is 3. The summed E-state index contributed by atoms with van der Waals surface area (Å²) >= 11 is 0. The molecular formula is C26H20F2N4O. The van der Waals surface area contributed by atoms with Crippen LogP contribution in [0.2, 0.25) is 0 Å². The summed E-state index contributed by atoms with van der Waals surface area (Å²) in [5, 5.41) is 20.9. The van der Waals surface area contributed by atoms with Crippen LogP contribution in [0, 0.1) is 18.3 Å². The number of halogens is 2. The third-order valence-corrected chi connectivity index (χ3v) is 5.11. The average Bonchev–Trinajstić information content (AvgIpc) is 2.83. The Bertz CT molecular complexity index is 1360. The summed E-state index contributed by atoms with van der Waals surface area (Å²) in [6, 6.07) is 21.9. The van der Waals surface area contributed by atoms with Crippen LogP contribution in [0.4, 0.5) is 8.78 Å². The van der Waals surface area contributed by atoms with Gasteiger partial charge < -0.3 is 10.1 Å². The fraction of sp³-hybridized carbons (Fsp3) is 0.115. The van der Waals surface area contributed by atoms with Crippen LogP contribution in [-0.4, -0.2) is 16.7 Å². The Kier molecular flexibility index (Phi) is 6.01. The van der Waals surface area contributed by atoms with Gasteiger partial charge in [0.1, 0.15) is 5.75 Å². The van der Waals surface area contributed by atoms with Gasteiger partial charge in [0.25, 0.3) is 5.92 Å². The molecule has 164 valence electrons. The van der Waals surface area contributed by atoms with Crippen molar-refractivity contribution < 1.29 is 13.5 Å². The molecule has 0 fully saturated rings. The van der Waals surface area contributed by atoms with Crippen LogP contribution in [-0.2, 0) is 5.92 Å².